The maximum atomic E-state index is 12.6. The third kappa shape index (κ3) is 5.34. The van der Waals surface area contributed by atoms with Crippen molar-refractivity contribution in [3.8, 4) is 5.75 Å². The number of aliphatic hydroxyl groups excluding tert-OH is 1. The van der Waals surface area contributed by atoms with E-state index in [4.69, 9.17) is 4.42 Å². The third-order valence-electron chi connectivity index (χ3n) is 5.14. The third-order valence-corrected chi connectivity index (χ3v) is 5.14. The number of carbonyl (C=O) groups is 1. The standard InChI is InChI=1S/C21H28N2O4/c1-16-2-8-20(27-16)15-22-11-12-23(14-18(22)10-13-24)21(26)9-5-17-3-6-19(25)7-4-17/h2-4,6-8,18,24-25H,5,9-15H2,1H3/t18-/m0/s1. The molecule has 1 aromatic heterocycles. The van der Waals surface area contributed by atoms with Gasteiger partial charge in [0, 0.05) is 38.7 Å². The van der Waals surface area contributed by atoms with Gasteiger partial charge >= 0.3 is 0 Å². The molecule has 2 aromatic rings. The second kappa shape index (κ2) is 9.06. The summed E-state index contributed by atoms with van der Waals surface area (Å²) < 4.78 is 5.68. The van der Waals surface area contributed by atoms with E-state index < -0.39 is 0 Å². The largest absolute Gasteiger partial charge is 0.508 e. The molecular formula is C21H28N2O4. The number of hydrogen-bond acceptors (Lipinski definition) is 5. The van der Waals surface area contributed by atoms with Crippen LogP contribution in [0.4, 0.5) is 0 Å². The lowest BCUT2D eigenvalue weighted by atomic mass is 10.1. The summed E-state index contributed by atoms with van der Waals surface area (Å²) in [5.41, 5.74) is 1.04. The highest BCUT2D eigenvalue weighted by Crippen LogP contribution is 2.19. The summed E-state index contributed by atoms with van der Waals surface area (Å²) in [4.78, 5) is 16.8. The first-order chi connectivity index (χ1) is 13.0. The van der Waals surface area contributed by atoms with Crippen LogP contribution in [0.25, 0.3) is 0 Å². The fraction of sp³-hybridized carbons (Fsp3) is 0.476. The summed E-state index contributed by atoms with van der Waals surface area (Å²) in [6.07, 6.45) is 1.76. The van der Waals surface area contributed by atoms with Gasteiger partial charge in [-0.15, -0.1) is 0 Å². The molecule has 0 unspecified atom stereocenters. The SMILES string of the molecule is Cc1ccc(CN2CCN(C(=O)CCc3ccc(O)cc3)C[C@@H]2CCO)o1. The molecule has 0 aliphatic carbocycles. The molecule has 0 saturated carbocycles. The Bertz CT molecular complexity index is 741. The minimum Gasteiger partial charge on any atom is -0.508 e. The van der Waals surface area contributed by atoms with Crippen LogP contribution in [-0.2, 0) is 17.8 Å². The topological polar surface area (TPSA) is 77.2 Å². The van der Waals surface area contributed by atoms with E-state index in [-0.39, 0.29) is 24.3 Å². The Morgan fingerprint density at radius 1 is 1.19 bits per heavy atom. The minimum atomic E-state index is 0.105. The number of phenols is 1. The molecule has 1 amide bonds. The first-order valence-electron chi connectivity index (χ1n) is 9.51. The van der Waals surface area contributed by atoms with Crippen molar-refractivity contribution in [1.29, 1.82) is 0 Å². The molecule has 6 heteroatoms. The molecule has 1 aliphatic heterocycles. The van der Waals surface area contributed by atoms with Gasteiger partial charge in [0.1, 0.15) is 17.3 Å². The fourth-order valence-corrected chi connectivity index (χ4v) is 3.59. The number of hydrogen-bond donors (Lipinski definition) is 2. The normalized spacial score (nSPS) is 18.0. The highest BCUT2D eigenvalue weighted by Gasteiger charge is 2.29. The van der Waals surface area contributed by atoms with Crippen LogP contribution in [0, 0.1) is 6.92 Å². The Morgan fingerprint density at radius 2 is 1.96 bits per heavy atom. The number of rotatable bonds is 7. The van der Waals surface area contributed by atoms with E-state index in [2.05, 4.69) is 4.90 Å². The Kier molecular flexibility index (Phi) is 6.53. The van der Waals surface area contributed by atoms with E-state index in [1.54, 1.807) is 12.1 Å². The lowest BCUT2D eigenvalue weighted by molar-refractivity contribution is -0.134. The molecule has 146 valence electrons. The number of nitrogens with zero attached hydrogens (tertiary/aromatic N) is 2. The van der Waals surface area contributed by atoms with Crippen LogP contribution in [0.15, 0.2) is 40.8 Å². The average Bonchev–Trinajstić information content (AvgIpc) is 3.07. The number of amides is 1. The molecule has 6 nitrogen and oxygen atoms in total. The summed E-state index contributed by atoms with van der Waals surface area (Å²) in [5, 5.41) is 18.8. The maximum absolute atomic E-state index is 12.6. The predicted molar refractivity (Wildman–Crippen MR) is 102 cm³/mol. The molecule has 1 saturated heterocycles. The zero-order valence-electron chi connectivity index (χ0n) is 15.8. The minimum absolute atomic E-state index is 0.105. The van der Waals surface area contributed by atoms with Gasteiger partial charge in [-0.3, -0.25) is 9.69 Å². The lowest BCUT2D eigenvalue weighted by Gasteiger charge is -2.41. The van der Waals surface area contributed by atoms with E-state index in [0.29, 0.717) is 38.9 Å². The molecule has 0 bridgehead atoms. The van der Waals surface area contributed by atoms with Gasteiger partial charge in [0.2, 0.25) is 5.91 Å². The second-order valence-corrected chi connectivity index (χ2v) is 7.16. The Balaban J connectivity index is 1.54. The highest BCUT2D eigenvalue weighted by atomic mass is 16.3. The van der Waals surface area contributed by atoms with Gasteiger partial charge in [-0.25, -0.2) is 0 Å². The summed E-state index contributed by atoms with van der Waals surface area (Å²) in [7, 11) is 0. The number of benzene rings is 1. The highest BCUT2D eigenvalue weighted by molar-refractivity contribution is 5.76. The van der Waals surface area contributed by atoms with E-state index >= 15 is 0 Å². The summed E-state index contributed by atoms with van der Waals surface area (Å²) in [5.74, 6) is 2.19. The number of aromatic hydroxyl groups is 1. The van der Waals surface area contributed by atoms with Crippen LogP contribution >= 0.6 is 0 Å². The molecule has 1 atom stereocenters. The molecule has 1 aliphatic rings. The number of aryl methyl sites for hydroxylation is 2. The summed E-state index contributed by atoms with van der Waals surface area (Å²) in [6, 6.07) is 11.1. The molecule has 27 heavy (non-hydrogen) atoms. The van der Waals surface area contributed by atoms with Gasteiger partial charge in [0.05, 0.1) is 6.54 Å². The maximum Gasteiger partial charge on any atom is 0.222 e. The van der Waals surface area contributed by atoms with Crippen molar-refractivity contribution in [2.45, 2.75) is 38.8 Å². The molecule has 2 heterocycles. The molecule has 1 fully saturated rings. The van der Waals surface area contributed by atoms with Crippen molar-refractivity contribution < 1.29 is 19.4 Å². The number of aliphatic hydroxyl groups is 1. The van der Waals surface area contributed by atoms with E-state index in [9.17, 15) is 15.0 Å². The first-order valence-corrected chi connectivity index (χ1v) is 9.51. The average molecular weight is 372 g/mol. The fourth-order valence-electron chi connectivity index (χ4n) is 3.59. The van der Waals surface area contributed by atoms with Crippen molar-refractivity contribution in [3.05, 3.63) is 53.5 Å². The van der Waals surface area contributed by atoms with Crippen molar-refractivity contribution in [1.82, 2.24) is 9.80 Å². The summed E-state index contributed by atoms with van der Waals surface area (Å²) >= 11 is 0. The summed E-state index contributed by atoms with van der Waals surface area (Å²) in [6.45, 7) is 4.83. The quantitative estimate of drug-likeness (QED) is 0.780. The molecule has 0 radical (unpaired) electrons. The van der Waals surface area contributed by atoms with Crippen LogP contribution < -0.4 is 0 Å². The van der Waals surface area contributed by atoms with Gasteiger partial charge in [-0.2, -0.15) is 0 Å². The van der Waals surface area contributed by atoms with E-state index in [1.165, 1.54) is 0 Å². The molecular weight excluding hydrogens is 344 g/mol. The Morgan fingerprint density at radius 3 is 2.63 bits per heavy atom. The van der Waals surface area contributed by atoms with Gasteiger partial charge in [0.25, 0.3) is 0 Å². The van der Waals surface area contributed by atoms with Crippen LogP contribution in [0.1, 0.15) is 29.9 Å². The van der Waals surface area contributed by atoms with Crippen LogP contribution in [-0.4, -0.2) is 58.2 Å². The van der Waals surface area contributed by atoms with Gasteiger partial charge in [-0.1, -0.05) is 12.1 Å². The van der Waals surface area contributed by atoms with Crippen molar-refractivity contribution in [2.75, 3.05) is 26.2 Å². The molecule has 0 spiro atoms. The van der Waals surface area contributed by atoms with Gasteiger partial charge < -0.3 is 19.5 Å². The first kappa shape index (κ1) is 19.5. The Hall–Kier alpha value is -2.31. The monoisotopic (exact) mass is 372 g/mol. The van der Waals surface area contributed by atoms with Crippen LogP contribution in [0.2, 0.25) is 0 Å². The number of furan rings is 1. The lowest BCUT2D eigenvalue weighted by Crippen LogP contribution is -2.54. The predicted octanol–water partition coefficient (Wildman–Crippen LogP) is 2.32. The smallest absolute Gasteiger partial charge is 0.222 e. The zero-order chi connectivity index (χ0) is 19.2. The molecule has 3 rings (SSSR count). The Labute approximate surface area is 160 Å². The van der Waals surface area contributed by atoms with Crippen LogP contribution in [0.3, 0.4) is 0 Å². The van der Waals surface area contributed by atoms with Gasteiger partial charge in [0.15, 0.2) is 0 Å². The molecule has 2 N–H and O–H groups in total. The molecule has 1 aromatic carbocycles. The van der Waals surface area contributed by atoms with E-state index in [1.807, 2.05) is 36.1 Å². The van der Waals surface area contributed by atoms with Gasteiger partial charge in [-0.05, 0) is 49.6 Å². The van der Waals surface area contributed by atoms with Crippen LogP contribution in [0.5, 0.6) is 5.75 Å². The van der Waals surface area contributed by atoms with Crippen molar-refractivity contribution in [2.24, 2.45) is 0 Å². The second-order valence-electron chi connectivity index (χ2n) is 7.16. The number of carbonyl (C=O) groups excluding carboxylic acids is 1. The van der Waals surface area contributed by atoms with E-state index in [0.717, 1.165) is 23.6 Å². The zero-order valence-corrected chi connectivity index (χ0v) is 15.8. The van der Waals surface area contributed by atoms with Crippen molar-refractivity contribution in [3.63, 3.8) is 0 Å². The number of phenolic OH excluding ortho intramolecular Hbond substituents is 1. The number of piperazine rings is 1. The van der Waals surface area contributed by atoms with Crippen molar-refractivity contribution >= 4 is 5.91 Å².